The fraction of sp³-hybridized carbons (Fsp3) is 0.167. The summed E-state index contributed by atoms with van der Waals surface area (Å²) in [5.74, 6) is -0.844. The van der Waals surface area contributed by atoms with E-state index in [9.17, 15) is 9.18 Å². The maximum atomic E-state index is 14.1. The number of aromatic amines is 1. The molecule has 2 aromatic carbocycles. The zero-order valence-corrected chi connectivity index (χ0v) is 13.4. The van der Waals surface area contributed by atoms with Crippen molar-refractivity contribution < 1.29 is 13.9 Å². The van der Waals surface area contributed by atoms with Crippen LogP contribution in [0.15, 0.2) is 48.5 Å². The molecule has 2 heterocycles. The Hall–Kier alpha value is -2.37. The molecule has 0 radical (unpaired) electrons. The van der Waals surface area contributed by atoms with Crippen LogP contribution in [0.2, 0.25) is 5.02 Å². The Labute approximate surface area is 142 Å². The number of halogens is 2. The molecule has 0 aliphatic carbocycles. The van der Waals surface area contributed by atoms with Gasteiger partial charge >= 0.3 is 0 Å². The first-order chi connectivity index (χ1) is 11.6. The van der Waals surface area contributed by atoms with Gasteiger partial charge in [0.25, 0.3) is 5.91 Å². The molecule has 1 amide bonds. The number of nitrogens with one attached hydrogen (secondary N) is 2. The Morgan fingerprint density at radius 3 is 2.62 bits per heavy atom. The lowest BCUT2D eigenvalue weighted by molar-refractivity contribution is -0.0734. The Kier molecular flexibility index (Phi) is 3.55. The minimum atomic E-state index is -0.550. The number of carbonyl (C=O) groups is 1. The van der Waals surface area contributed by atoms with E-state index in [-0.39, 0.29) is 16.6 Å². The summed E-state index contributed by atoms with van der Waals surface area (Å²) in [5, 5.41) is 3.33. The number of H-pyrrole nitrogens is 1. The van der Waals surface area contributed by atoms with E-state index >= 15 is 0 Å². The summed E-state index contributed by atoms with van der Waals surface area (Å²) in [6.07, 6.45) is 0. The van der Waals surface area contributed by atoms with Crippen LogP contribution >= 0.6 is 11.6 Å². The Bertz CT molecular complexity index is 919. The van der Waals surface area contributed by atoms with Crippen molar-refractivity contribution in [2.24, 2.45) is 0 Å². The SMILES string of the molecule is O=C(NC1(c2ccccc2)COC1)c1cc2c(F)c(Cl)ccc2[nH]1. The summed E-state index contributed by atoms with van der Waals surface area (Å²) < 4.78 is 19.4. The van der Waals surface area contributed by atoms with Gasteiger partial charge in [0.15, 0.2) is 5.82 Å². The smallest absolute Gasteiger partial charge is 0.268 e. The van der Waals surface area contributed by atoms with Crippen molar-refractivity contribution in [2.75, 3.05) is 13.2 Å². The summed E-state index contributed by atoms with van der Waals surface area (Å²) in [7, 11) is 0. The first-order valence-electron chi connectivity index (χ1n) is 7.52. The van der Waals surface area contributed by atoms with Gasteiger partial charge in [-0.05, 0) is 23.8 Å². The molecule has 0 atom stereocenters. The van der Waals surface area contributed by atoms with Crippen molar-refractivity contribution in [2.45, 2.75) is 5.54 Å². The van der Waals surface area contributed by atoms with Gasteiger partial charge in [-0.3, -0.25) is 4.79 Å². The van der Waals surface area contributed by atoms with E-state index in [1.54, 1.807) is 6.07 Å². The van der Waals surface area contributed by atoms with Crippen molar-refractivity contribution in [1.82, 2.24) is 10.3 Å². The molecular weight excluding hydrogens is 331 g/mol. The fourth-order valence-corrected chi connectivity index (χ4v) is 3.09. The van der Waals surface area contributed by atoms with Crippen LogP contribution < -0.4 is 5.32 Å². The van der Waals surface area contributed by atoms with Gasteiger partial charge in [-0.1, -0.05) is 41.9 Å². The monoisotopic (exact) mass is 344 g/mol. The first kappa shape index (κ1) is 15.2. The molecule has 6 heteroatoms. The average molecular weight is 345 g/mol. The van der Waals surface area contributed by atoms with Crippen molar-refractivity contribution in [3.8, 4) is 0 Å². The molecule has 24 heavy (non-hydrogen) atoms. The molecule has 1 aromatic heterocycles. The molecule has 1 fully saturated rings. The van der Waals surface area contributed by atoms with Crippen molar-refractivity contribution in [3.63, 3.8) is 0 Å². The number of fused-ring (bicyclic) bond motifs is 1. The third-order valence-corrected chi connectivity index (χ3v) is 4.60. The van der Waals surface area contributed by atoms with Gasteiger partial charge in [0, 0.05) is 10.9 Å². The number of aromatic nitrogens is 1. The van der Waals surface area contributed by atoms with Crippen LogP contribution in [0.25, 0.3) is 10.9 Å². The second-order valence-electron chi connectivity index (χ2n) is 5.90. The Morgan fingerprint density at radius 1 is 1.21 bits per heavy atom. The third-order valence-electron chi connectivity index (χ3n) is 4.31. The van der Waals surface area contributed by atoms with Gasteiger partial charge in [0.1, 0.15) is 11.2 Å². The van der Waals surface area contributed by atoms with E-state index in [2.05, 4.69) is 10.3 Å². The van der Waals surface area contributed by atoms with Crippen LogP contribution in [0.4, 0.5) is 4.39 Å². The highest BCUT2D eigenvalue weighted by atomic mass is 35.5. The van der Waals surface area contributed by atoms with Gasteiger partial charge in [-0.2, -0.15) is 0 Å². The van der Waals surface area contributed by atoms with Crippen LogP contribution in [0.5, 0.6) is 0 Å². The maximum Gasteiger partial charge on any atom is 0.268 e. The second-order valence-corrected chi connectivity index (χ2v) is 6.31. The zero-order valence-electron chi connectivity index (χ0n) is 12.6. The Morgan fingerprint density at radius 2 is 1.96 bits per heavy atom. The van der Waals surface area contributed by atoms with Crippen molar-refractivity contribution in [3.05, 3.63) is 70.6 Å². The number of benzene rings is 2. The number of ether oxygens (including phenoxy) is 1. The van der Waals surface area contributed by atoms with E-state index in [0.29, 0.717) is 24.1 Å². The van der Waals surface area contributed by atoms with Crippen LogP contribution in [0, 0.1) is 5.82 Å². The molecule has 0 spiro atoms. The molecule has 0 unspecified atom stereocenters. The lowest BCUT2D eigenvalue weighted by Gasteiger charge is -2.42. The summed E-state index contributed by atoms with van der Waals surface area (Å²) in [4.78, 5) is 15.6. The molecule has 3 aromatic rings. The lowest BCUT2D eigenvalue weighted by atomic mass is 9.88. The number of hydrogen-bond acceptors (Lipinski definition) is 2. The van der Waals surface area contributed by atoms with Crippen LogP contribution in [-0.2, 0) is 10.3 Å². The molecule has 1 aliphatic heterocycles. The number of rotatable bonds is 3. The lowest BCUT2D eigenvalue weighted by Crippen LogP contribution is -2.59. The van der Waals surface area contributed by atoms with E-state index in [1.165, 1.54) is 12.1 Å². The molecule has 122 valence electrons. The highest BCUT2D eigenvalue weighted by Gasteiger charge is 2.42. The van der Waals surface area contributed by atoms with Crippen LogP contribution in [0.3, 0.4) is 0 Å². The molecular formula is C18H14ClFN2O2. The summed E-state index contributed by atoms with van der Waals surface area (Å²) in [6, 6.07) is 14.2. The molecule has 0 saturated carbocycles. The van der Waals surface area contributed by atoms with Crippen molar-refractivity contribution >= 4 is 28.4 Å². The Balaban J connectivity index is 1.66. The largest absolute Gasteiger partial charge is 0.376 e. The van der Waals surface area contributed by atoms with Gasteiger partial charge in [0.05, 0.1) is 18.2 Å². The second kappa shape index (κ2) is 5.61. The van der Waals surface area contributed by atoms with Crippen LogP contribution in [0.1, 0.15) is 16.1 Å². The topological polar surface area (TPSA) is 54.1 Å². The van der Waals surface area contributed by atoms with Crippen molar-refractivity contribution in [1.29, 1.82) is 0 Å². The summed E-state index contributed by atoms with van der Waals surface area (Å²) in [5.41, 5.74) is 1.25. The zero-order chi connectivity index (χ0) is 16.7. The van der Waals surface area contributed by atoms with Gasteiger partial charge in [-0.25, -0.2) is 4.39 Å². The van der Waals surface area contributed by atoms with Gasteiger partial charge in [0.2, 0.25) is 0 Å². The number of carbonyl (C=O) groups excluding carboxylic acids is 1. The van der Waals surface area contributed by atoms with Gasteiger partial charge < -0.3 is 15.0 Å². The molecule has 0 bridgehead atoms. The number of amides is 1. The summed E-state index contributed by atoms with van der Waals surface area (Å²) in [6.45, 7) is 0.812. The minimum Gasteiger partial charge on any atom is -0.376 e. The molecule has 4 rings (SSSR count). The molecule has 4 nitrogen and oxygen atoms in total. The maximum absolute atomic E-state index is 14.1. The number of hydrogen-bond donors (Lipinski definition) is 2. The van der Waals surface area contributed by atoms with Gasteiger partial charge in [-0.15, -0.1) is 0 Å². The highest BCUT2D eigenvalue weighted by molar-refractivity contribution is 6.31. The third kappa shape index (κ3) is 2.37. The minimum absolute atomic E-state index is 0.0293. The molecule has 1 aliphatic rings. The summed E-state index contributed by atoms with van der Waals surface area (Å²) >= 11 is 5.79. The van der Waals surface area contributed by atoms with E-state index in [4.69, 9.17) is 16.3 Å². The highest BCUT2D eigenvalue weighted by Crippen LogP contribution is 2.30. The van der Waals surface area contributed by atoms with E-state index in [0.717, 1.165) is 5.56 Å². The quantitative estimate of drug-likeness (QED) is 0.762. The molecule has 1 saturated heterocycles. The predicted molar refractivity (Wildman–Crippen MR) is 89.7 cm³/mol. The normalized spacial score (nSPS) is 15.9. The molecule has 2 N–H and O–H groups in total. The average Bonchev–Trinajstić information content (AvgIpc) is 3.00. The van der Waals surface area contributed by atoms with E-state index in [1.807, 2.05) is 30.3 Å². The van der Waals surface area contributed by atoms with Crippen LogP contribution in [-0.4, -0.2) is 24.1 Å². The fourth-order valence-electron chi connectivity index (χ4n) is 2.92. The standard InChI is InChI=1S/C18H14ClFN2O2/c19-13-6-7-14-12(16(13)20)8-15(21-14)17(23)22-18(9-24-10-18)11-4-2-1-3-5-11/h1-8,21H,9-10H2,(H,22,23). The predicted octanol–water partition coefficient (Wildman–Crippen LogP) is 3.62. The van der Waals surface area contributed by atoms with E-state index < -0.39 is 11.4 Å². The first-order valence-corrected chi connectivity index (χ1v) is 7.89.